The van der Waals surface area contributed by atoms with E-state index < -0.39 is 0 Å². The molecule has 3 nitrogen and oxygen atoms in total. The molecule has 1 aliphatic rings. The molecule has 0 saturated heterocycles. The minimum atomic E-state index is 0.669. The van der Waals surface area contributed by atoms with Crippen LogP contribution in [0.15, 0.2) is 184 Å². The second-order valence-corrected chi connectivity index (χ2v) is 14.0. The predicted molar refractivity (Wildman–Crippen MR) is 216 cm³/mol. The number of hydrogen-bond donors (Lipinski definition) is 0. The van der Waals surface area contributed by atoms with Crippen molar-refractivity contribution in [3.63, 3.8) is 0 Å². The molecule has 7 aromatic carbocycles. The Labute approximate surface area is 299 Å². The average molecular weight is 671 g/mol. The Morgan fingerprint density at radius 2 is 1.12 bits per heavy atom. The van der Waals surface area contributed by atoms with Gasteiger partial charge in [0.05, 0.1) is 11.4 Å². The third-order valence-corrected chi connectivity index (χ3v) is 10.9. The molecule has 0 unspecified atom stereocenters. The third kappa shape index (κ3) is 5.20. The summed E-state index contributed by atoms with van der Waals surface area (Å²) in [6, 6.07) is 57.6. The van der Waals surface area contributed by atoms with Gasteiger partial charge in [-0.25, -0.2) is 9.98 Å². The number of aliphatic imine (C=N–C) groups is 2. The Morgan fingerprint density at radius 1 is 0.471 bits per heavy atom. The number of para-hydroxylation sites is 1. The molecule has 0 saturated carbocycles. The first-order valence-electron chi connectivity index (χ1n) is 17.2. The fraction of sp³-hybridized carbons (Fsp3) is 0.0213. The number of nitrogens with zero attached hydrogens (tertiary/aromatic N) is 2. The summed E-state index contributed by atoms with van der Waals surface area (Å²) in [7, 11) is 0. The number of allylic oxidation sites excluding steroid dienone is 1. The van der Waals surface area contributed by atoms with E-state index in [9.17, 15) is 0 Å². The van der Waals surface area contributed by atoms with E-state index in [-0.39, 0.29) is 0 Å². The Balaban J connectivity index is 1.13. The summed E-state index contributed by atoms with van der Waals surface area (Å²) in [6.07, 6.45) is 2.89. The zero-order valence-electron chi connectivity index (χ0n) is 27.6. The summed E-state index contributed by atoms with van der Waals surface area (Å²) >= 11 is 1.83. The molecule has 0 radical (unpaired) electrons. The van der Waals surface area contributed by atoms with Crippen LogP contribution in [0.2, 0.25) is 0 Å². The maximum absolute atomic E-state index is 6.70. The number of amidine groups is 1. The van der Waals surface area contributed by atoms with E-state index in [1.807, 2.05) is 35.6 Å². The van der Waals surface area contributed by atoms with Crippen molar-refractivity contribution in [2.45, 2.75) is 6.42 Å². The summed E-state index contributed by atoms with van der Waals surface area (Å²) < 4.78 is 9.25. The van der Waals surface area contributed by atoms with Crippen LogP contribution < -0.4 is 0 Å². The molecule has 2 aromatic heterocycles. The molecule has 0 amide bonds. The van der Waals surface area contributed by atoms with Crippen LogP contribution in [0.3, 0.4) is 0 Å². The highest BCUT2D eigenvalue weighted by atomic mass is 32.1. The lowest BCUT2D eigenvalue weighted by Gasteiger charge is -2.08. The molecular weight excluding hydrogens is 641 g/mol. The number of thiophene rings is 1. The lowest BCUT2D eigenvalue weighted by molar-refractivity contribution is 0.670. The van der Waals surface area contributed by atoms with Crippen molar-refractivity contribution in [2.75, 3.05) is 0 Å². The molecule has 9 aromatic rings. The van der Waals surface area contributed by atoms with Gasteiger partial charge in [0, 0.05) is 54.1 Å². The van der Waals surface area contributed by atoms with E-state index in [2.05, 4.69) is 146 Å². The second-order valence-electron chi connectivity index (χ2n) is 12.9. The number of fused-ring (bicyclic) bond motifs is 6. The zero-order chi connectivity index (χ0) is 33.7. The summed E-state index contributed by atoms with van der Waals surface area (Å²) in [5.41, 5.74) is 11.3. The molecule has 240 valence electrons. The van der Waals surface area contributed by atoms with Crippen LogP contribution in [0.5, 0.6) is 0 Å². The zero-order valence-corrected chi connectivity index (χ0v) is 28.4. The Hall–Kier alpha value is -6.36. The largest absolute Gasteiger partial charge is 0.455 e. The van der Waals surface area contributed by atoms with Gasteiger partial charge >= 0.3 is 0 Å². The van der Waals surface area contributed by atoms with Crippen LogP contribution in [0.1, 0.15) is 23.1 Å². The highest BCUT2D eigenvalue weighted by molar-refractivity contribution is 7.25. The van der Waals surface area contributed by atoms with Gasteiger partial charge in [-0.3, -0.25) is 0 Å². The topological polar surface area (TPSA) is 37.9 Å². The third-order valence-electron chi connectivity index (χ3n) is 9.80. The van der Waals surface area contributed by atoms with Crippen LogP contribution in [0.25, 0.3) is 70.1 Å². The SMILES string of the molecule is C1=C(c2ccc3c(c2)sc2ccccc23)N=C(c2cccc3oc4c(-c5ccc(-c6ccccc6)cc5)cccc4c23)N=C(c2ccccc2)C1. The van der Waals surface area contributed by atoms with E-state index in [4.69, 9.17) is 14.4 Å². The van der Waals surface area contributed by atoms with Crippen molar-refractivity contribution < 1.29 is 4.42 Å². The molecule has 4 heteroatoms. The van der Waals surface area contributed by atoms with Crippen LogP contribution in [-0.4, -0.2) is 11.5 Å². The van der Waals surface area contributed by atoms with Crippen molar-refractivity contribution in [3.8, 4) is 22.3 Å². The molecule has 0 spiro atoms. The first-order chi connectivity index (χ1) is 25.3. The maximum Gasteiger partial charge on any atom is 0.160 e. The predicted octanol–water partition coefficient (Wildman–Crippen LogP) is 13.0. The van der Waals surface area contributed by atoms with Crippen molar-refractivity contribution in [3.05, 3.63) is 187 Å². The Morgan fingerprint density at radius 3 is 1.96 bits per heavy atom. The number of rotatable bonds is 5. The molecule has 51 heavy (non-hydrogen) atoms. The fourth-order valence-electron chi connectivity index (χ4n) is 7.29. The van der Waals surface area contributed by atoms with E-state index >= 15 is 0 Å². The lowest BCUT2D eigenvalue weighted by Crippen LogP contribution is -2.05. The quantitative estimate of drug-likeness (QED) is 0.180. The fourth-order valence-corrected chi connectivity index (χ4v) is 8.43. The summed E-state index contributed by atoms with van der Waals surface area (Å²) in [6.45, 7) is 0. The molecular formula is C47H30N2OS. The molecule has 0 bridgehead atoms. The molecule has 0 fully saturated rings. The van der Waals surface area contributed by atoms with Gasteiger partial charge in [0.1, 0.15) is 11.2 Å². The molecule has 1 aliphatic heterocycles. The summed E-state index contributed by atoms with van der Waals surface area (Å²) in [5, 5.41) is 4.64. The molecule has 0 aliphatic carbocycles. The lowest BCUT2D eigenvalue weighted by atomic mass is 9.98. The first kappa shape index (κ1) is 29.5. The van der Waals surface area contributed by atoms with E-state index in [0.29, 0.717) is 12.3 Å². The summed E-state index contributed by atoms with van der Waals surface area (Å²) in [4.78, 5) is 10.7. The van der Waals surface area contributed by atoms with Gasteiger partial charge in [0.25, 0.3) is 0 Å². The number of furan rings is 1. The normalized spacial score (nSPS) is 13.4. The summed E-state index contributed by atoms with van der Waals surface area (Å²) in [5.74, 6) is 0.681. The van der Waals surface area contributed by atoms with Crippen LogP contribution in [-0.2, 0) is 0 Å². The van der Waals surface area contributed by atoms with E-state index in [1.165, 1.54) is 31.3 Å². The van der Waals surface area contributed by atoms with Gasteiger partial charge in [-0.05, 0) is 40.5 Å². The molecule has 0 atom stereocenters. The Bertz CT molecular complexity index is 2860. The highest BCUT2D eigenvalue weighted by Gasteiger charge is 2.21. The van der Waals surface area contributed by atoms with Gasteiger partial charge < -0.3 is 4.42 Å². The first-order valence-corrected chi connectivity index (χ1v) is 18.0. The molecule has 3 heterocycles. The van der Waals surface area contributed by atoms with Gasteiger partial charge in [-0.15, -0.1) is 11.3 Å². The van der Waals surface area contributed by atoms with Crippen LogP contribution in [0, 0.1) is 0 Å². The van der Waals surface area contributed by atoms with Gasteiger partial charge in [0.15, 0.2) is 5.84 Å². The number of hydrogen-bond acceptors (Lipinski definition) is 4. The highest BCUT2D eigenvalue weighted by Crippen LogP contribution is 2.40. The molecule has 0 N–H and O–H groups in total. The minimum absolute atomic E-state index is 0.669. The van der Waals surface area contributed by atoms with Crippen molar-refractivity contribution in [2.24, 2.45) is 9.98 Å². The Kier molecular flexibility index (Phi) is 7.07. The van der Waals surface area contributed by atoms with Crippen molar-refractivity contribution in [1.82, 2.24) is 0 Å². The van der Waals surface area contributed by atoms with E-state index in [0.717, 1.165) is 61.2 Å². The molecule has 10 rings (SSSR count). The smallest absolute Gasteiger partial charge is 0.160 e. The van der Waals surface area contributed by atoms with Crippen LogP contribution >= 0.6 is 11.3 Å². The standard InChI is InChI=1S/C47H30N2OS/c1-3-11-30(12-4-1)31-21-23-32(24-22-31)35-16-9-17-38-45-39(18-10-19-42(45)50-46(35)38)47-48-40(33-13-5-2-6-14-33)27-28-41(49-47)34-25-26-37-36-15-7-8-20-43(36)51-44(37)29-34/h1-26,28-29H,27H2. The van der Waals surface area contributed by atoms with Crippen LogP contribution in [0.4, 0.5) is 0 Å². The minimum Gasteiger partial charge on any atom is -0.455 e. The second kappa shape index (κ2) is 12.2. The van der Waals surface area contributed by atoms with Crippen molar-refractivity contribution in [1.29, 1.82) is 0 Å². The van der Waals surface area contributed by atoms with Crippen molar-refractivity contribution >= 4 is 70.7 Å². The van der Waals surface area contributed by atoms with Gasteiger partial charge in [-0.2, -0.15) is 0 Å². The maximum atomic E-state index is 6.70. The average Bonchev–Trinajstić information content (AvgIpc) is 3.68. The van der Waals surface area contributed by atoms with E-state index in [1.54, 1.807) is 0 Å². The van der Waals surface area contributed by atoms with Gasteiger partial charge in [0.2, 0.25) is 0 Å². The number of benzene rings is 7. The van der Waals surface area contributed by atoms with Gasteiger partial charge in [-0.1, -0.05) is 152 Å². The monoisotopic (exact) mass is 670 g/mol.